The third-order valence-electron chi connectivity index (χ3n) is 2.58. The summed E-state index contributed by atoms with van der Waals surface area (Å²) in [6.07, 6.45) is -3.21. The molecular weight excluding hydrogens is 285 g/mol. The van der Waals surface area contributed by atoms with E-state index >= 15 is 0 Å². The van der Waals surface area contributed by atoms with Crippen molar-refractivity contribution in [1.29, 1.82) is 0 Å². The number of hydrogen-bond acceptors (Lipinski definition) is 5. The van der Waals surface area contributed by atoms with Crippen LogP contribution in [0.4, 0.5) is 19.0 Å². The first-order chi connectivity index (χ1) is 9.94. The van der Waals surface area contributed by atoms with Crippen molar-refractivity contribution >= 4 is 5.82 Å². The maximum Gasteiger partial charge on any atom is 0.451 e. The van der Waals surface area contributed by atoms with Crippen LogP contribution < -0.4 is 10.1 Å². The molecule has 0 fully saturated rings. The summed E-state index contributed by atoms with van der Waals surface area (Å²) in [5, 5.41) is 2.76. The molecule has 0 saturated heterocycles. The van der Waals surface area contributed by atoms with Gasteiger partial charge in [0.05, 0.1) is 12.8 Å². The normalized spacial score (nSPS) is 11.3. The molecule has 0 radical (unpaired) electrons. The maximum absolute atomic E-state index is 12.8. The lowest BCUT2D eigenvalue weighted by molar-refractivity contribution is -0.144. The number of hydrogen-bond donors (Lipinski definition) is 1. The van der Waals surface area contributed by atoms with E-state index in [0.29, 0.717) is 18.0 Å². The number of ether oxygens (including phenoxy) is 1. The molecule has 1 N–H and O–H groups in total. The van der Waals surface area contributed by atoms with Gasteiger partial charge in [-0.15, -0.1) is 0 Å². The second kappa shape index (κ2) is 5.94. The van der Waals surface area contributed by atoms with E-state index in [1.54, 1.807) is 19.1 Å². The lowest BCUT2D eigenvalue weighted by atomic mass is 10.2. The van der Waals surface area contributed by atoms with Gasteiger partial charge >= 0.3 is 6.18 Å². The Morgan fingerprint density at radius 2 is 2.00 bits per heavy atom. The molecule has 2 aromatic rings. The fraction of sp³-hybridized carbons (Fsp3) is 0.308. The molecule has 0 bridgehead atoms. The summed E-state index contributed by atoms with van der Waals surface area (Å²) >= 11 is 0. The zero-order valence-electron chi connectivity index (χ0n) is 11.4. The van der Waals surface area contributed by atoms with Crippen LogP contribution in [0.15, 0.2) is 24.4 Å². The minimum atomic E-state index is -4.61. The summed E-state index contributed by atoms with van der Waals surface area (Å²) in [6, 6.07) is 4.59. The van der Waals surface area contributed by atoms with Crippen molar-refractivity contribution in [1.82, 2.24) is 15.0 Å². The minimum absolute atomic E-state index is 0.116. The molecule has 2 heterocycles. The van der Waals surface area contributed by atoms with E-state index in [4.69, 9.17) is 4.74 Å². The molecule has 0 amide bonds. The molecule has 8 heteroatoms. The van der Waals surface area contributed by atoms with Crippen LogP contribution >= 0.6 is 0 Å². The monoisotopic (exact) mass is 298 g/mol. The Morgan fingerprint density at radius 1 is 1.24 bits per heavy atom. The number of nitrogens with zero attached hydrogens (tertiary/aromatic N) is 3. The molecule has 0 unspecified atom stereocenters. The van der Waals surface area contributed by atoms with Crippen molar-refractivity contribution in [2.45, 2.75) is 13.1 Å². The zero-order valence-corrected chi connectivity index (χ0v) is 11.4. The number of nitrogens with one attached hydrogen (secondary N) is 1. The lowest BCUT2D eigenvalue weighted by Gasteiger charge is -2.11. The minimum Gasteiger partial charge on any atom is -0.481 e. The van der Waals surface area contributed by atoms with Gasteiger partial charge in [0.25, 0.3) is 0 Å². The summed E-state index contributed by atoms with van der Waals surface area (Å²) in [6.45, 7) is 2.22. The average molecular weight is 298 g/mol. The van der Waals surface area contributed by atoms with Gasteiger partial charge in [0.2, 0.25) is 11.7 Å². The number of methoxy groups -OCH3 is 1. The Bertz CT molecular complexity index is 614. The summed E-state index contributed by atoms with van der Waals surface area (Å²) < 4.78 is 43.4. The number of alkyl halides is 3. The molecule has 2 rings (SSSR count). The van der Waals surface area contributed by atoms with E-state index in [2.05, 4.69) is 20.3 Å². The first-order valence-corrected chi connectivity index (χ1v) is 6.14. The van der Waals surface area contributed by atoms with Crippen molar-refractivity contribution in [3.8, 4) is 17.1 Å². The number of halogens is 3. The quantitative estimate of drug-likeness (QED) is 0.940. The van der Waals surface area contributed by atoms with Crippen LogP contribution in [-0.2, 0) is 6.18 Å². The summed E-state index contributed by atoms with van der Waals surface area (Å²) in [7, 11) is 1.46. The van der Waals surface area contributed by atoms with Crippen LogP contribution in [0.25, 0.3) is 11.3 Å². The predicted molar refractivity (Wildman–Crippen MR) is 71.0 cm³/mol. The predicted octanol–water partition coefficient (Wildman–Crippen LogP) is 3.00. The van der Waals surface area contributed by atoms with E-state index in [9.17, 15) is 13.2 Å². The van der Waals surface area contributed by atoms with Crippen molar-refractivity contribution in [3.63, 3.8) is 0 Å². The Labute approximate surface area is 119 Å². The van der Waals surface area contributed by atoms with Gasteiger partial charge in [-0.25, -0.2) is 15.0 Å². The molecule has 0 saturated carbocycles. The van der Waals surface area contributed by atoms with Gasteiger partial charge in [0, 0.05) is 30.4 Å². The Morgan fingerprint density at radius 3 is 2.52 bits per heavy atom. The summed E-state index contributed by atoms with van der Waals surface area (Å²) in [5.74, 6) is -0.701. The van der Waals surface area contributed by atoms with E-state index in [0.717, 1.165) is 0 Å². The third-order valence-corrected chi connectivity index (χ3v) is 2.58. The van der Waals surface area contributed by atoms with Crippen molar-refractivity contribution < 1.29 is 17.9 Å². The van der Waals surface area contributed by atoms with Gasteiger partial charge in [-0.2, -0.15) is 13.2 Å². The Balaban J connectivity index is 2.48. The molecule has 0 spiro atoms. The van der Waals surface area contributed by atoms with Crippen LogP contribution in [0.2, 0.25) is 0 Å². The number of rotatable bonds is 4. The van der Waals surface area contributed by atoms with Gasteiger partial charge < -0.3 is 10.1 Å². The third kappa shape index (κ3) is 3.59. The van der Waals surface area contributed by atoms with E-state index in [1.807, 2.05) is 0 Å². The molecule has 0 atom stereocenters. The first kappa shape index (κ1) is 15.0. The SMILES string of the molecule is CCNc1cc(-c2ccc(OC)nc2)nc(C(F)(F)F)n1. The highest BCUT2D eigenvalue weighted by molar-refractivity contribution is 5.62. The highest BCUT2D eigenvalue weighted by Gasteiger charge is 2.35. The van der Waals surface area contributed by atoms with Crippen LogP contribution in [0.1, 0.15) is 12.7 Å². The van der Waals surface area contributed by atoms with Crippen LogP contribution in [0, 0.1) is 0 Å². The summed E-state index contributed by atoms with van der Waals surface area (Å²) in [5.41, 5.74) is 0.589. The van der Waals surface area contributed by atoms with E-state index in [1.165, 1.54) is 19.4 Å². The molecule has 0 aliphatic heterocycles. The second-order valence-corrected chi connectivity index (χ2v) is 4.08. The molecule has 21 heavy (non-hydrogen) atoms. The Kier molecular flexibility index (Phi) is 4.25. The van der Waals surface area contributed by atoms with E-state index < -0.39 is 12.0 Å². The molecule has 0 aliphatic carbocycles. The number of anilines is 1. The average Bonchev–Trinajstić information content (AvgIpc) is 2.46. The van der Waals surface area contributed by atoms with E-state index in [-0.39, 0.29) is 11.5 Å². The van der Waals surface area contributed by atoms with Crippen molar-refractivity contribution in [3.05, 3.63) is 30.2 Å². The topological polar surface area (TPSA) is 59.9 Å². The largest absolute Gasteiger partial charge is 0.481 e. The van der Waals surface area contributed by atoms with Gasteiger partial charge in [0.1, 0.15) is 5.82 Å². The van der Waals surface area contributed by atoms with Gasteiger partial charge in [0.15, 0.2) is 0 Å². The Hall–Kier alpha value is -2.38. The summed E-state index contributed by atoms with van der Waals surface area (Å²) in [4.78, 5) is 11.0. The van der Waals surface area contributed by atoms with Crippen LogP contribution in [0.3, 0.4) is 0 Å². The fourth-order valence-corrected chi connectivity index (χ4v) is 1.65. The number of aromatic nitrogens is 3. The van der Waals surface area contributed by atoms with Gasteiger partial charge in [-0.3, -0.25) is 0 Å². The molecule has 2 aromatic heterocycles. The molecule has 112 valence electrons. The molecular formula is C13H13F3N4O. The molecule has 0 aromatic carbocycles. The highest BCUT2D eigenvalue weighted by atomic mass is 19.4. The van der Waals surface area contributed by atoms with Crippen molar-refractivity contribution in [2.24, 2.45) is 0 Å². The van der Waals surface area contributed by atoms with Gasteiger partial charge in [-0.05, 0) is 13.0 Å². The standard InChI is InChI=1S/C13H13F3N4O/c1-3-17-10-6-9(19-12(20-10)13(14,15)16)8-4-5-11(21-2)18-7-8/h4-7H,3H2,1-2H3,(H,17,19,20). The number of pyridine rings is 1. The second-order valence-electron chi connectivity index (χ2n) is 4.08. The first-order valence-electron chi connectivity index (χ1n) is 6.14. The molecule has 0 aliphatic rings. The highest BCUT2D eigenvalue weighted by Crippen LogP contribution is 2.29. The fourth-order valence-electron chi connectivity index (χ4n) is 1.65. The lowest BCUT2D eigenvalue weighted by Crippen LogP contribution is -2.13. The van der Waals surface area contributed by atoms with Crippen molar-refractivity contribution in [2.75, 3.05) is 19.0 Å². The smallest absolute Gasteiger partial charge is 0.451 e. The van der Waals surface area contributed by atoms with Gasteiger partial charge in [-0.1, -0.05) is 0 Å². The van der Waals surface area contributed by atoms with Crippen LogP contribution in [0.5, 0.6) is 5.88 Å². The zero-order chi connectivity index (χ0) is 15.5. The maximum atomic E-state index is 12.8. The van der Waals surface area contributed by atoms with Crippen LogP contribution in [-0.4, -0.2) is 28.6 Å². The molecule has 5 nitrogen and oxygen atoms in total.